The molecule has 0 aliphatic carbocycles. The number of rotatable bonds is 2. The Morgan fingerprint density at radius 1 is 1.56 bits per heavy atom. The van der Waals surface area contributed by atoms with Crippen LogP contribution in [0.1, 0.15) is 6.42 Å². The zero-order chi connectivity index (χ0) is 11.5. The first-order valence-electron chi connectivity index (χ1n) is 5.17. The summed E-state index contributed by atoms with van der Waals surface area (Å²) in [5.74, 6) is -0.798. The van der Waals surface area contributed by atoms with Crippen LogP contribution in [0.5, 0.6) is 0 Å². The molecule has 0 radical (unpaired) electrons. The number of hydrogen-bond acceptors (Lipinski definition) is 3. The van der Waals surface area contributed by atoms with E-state index in [9.17, 15) is 4.79 Å². The van der Waals surface area contributed by atoms with Gasteiger partial charge < -0.3 is 15.3 Å². The summed E-state index contributed by atoms with van der Waals surface area (Å²) in [4.78, 5) is 12.7. The molecular weight excluding hydrogens is 272 g/mol. The first-order valence-corrected chi connectivity index (χ1v) is 5.97. The number of carboxylic acid groups (broad SMARTS) is 1. The average molecular weight is 285 g/mol. The minimum atomic E-state index is -0.798. The van der Waals surface area contributed by atoms with Crippen molar-refractivity contribution in [2.75, 3.05) is 29.9 Å². The van der Waals surface area contributed by atoms with Crippen LogP contribution in [0.25, 0.3) is 0 Å². The monoisotopic (exact) mass is 284 g/mol. The fourth-order valence-electron chi connectivity index (χ4n) is 1.88. The normalized spacial score (nSPS) is 14.9. The van der Waals surface area contributed by atoms with Gasteiger partial charge in [-0.05, 0) is 34.5 Å². The van der Waals surface area contributed by atoms with Gasteiger partial charge in [0.15, 0.2) is 0 Å². The van der Waals surface area contributed by atoms with E-state index in [0.717, 1.165) is 35.4 Å². The van der Waals surface area contributed by atoms with Gasteiger partial charge in [0, 0.05) is 17.6 Å². The van der Waals surface area contributed by atoms with Crippen LogP contribution in [-0.2, 0) is 4.79 Å². The van der Waals surface area contributed by atoms with E-state index in [4.69, 9.17) is 5.11 Å². The molecule has 0 unspecified atom stereocenters. The second kappa shape index (κ2) is 4.74. The van der Waals surface area contributed by atoms with Gasteiger partial charge in [-0.3, -0.25) is 4.79 Å². The fraction of sp³-hybridized carbons (Fsp3) is 0.364. The number of carbonyl (C=O) groups is 1. The Morgan fingerprint density at radius 3 is 3.12 bits per heavy atom. The number of fused-ring (bicyclic) bond motifs is 1. The van der Waals surface area contributed by atoms with Crippen LogP contribution in [0.4, 0.5) is 11.4 Å². The first kappa shape index (κ1) is 11.3. The maximum absolute atomic E-state index is 10.8. The van der Waals surface area contributed by atoms with Gasteiger partial charge in [0.05, 0.1) is 11.4 Å². The van der Waals surface area contributed by atoms with Gasteiger partial charge in [-0.2, -0.15) is 0 Å². The first-order chi connectivity index (χ1) is 7.68. The quantitative estimate of drug-likeness (QED) is 0.874. The lowest BCUT2D eigenvalue weighted by atomic mass is 10.2. The third kappa shape index (κ3) is 2.29. The largest absolute Gasteiger partial charge is 0.480 e. The molecule has 1 aromatic rings. The summed E-state index contributed by atoms with van der Waals surface area (Å²) in [6, 6.07) is 5.82. The Labute approximate surface area is 102 Å². The van der Waals surface area contributed by atoms with Crippen LogP contribution in [0.15, 0.2) is 22.7 Å². The second-order valence-corrected chi connectivity index (χ2v) is 4.58. The van der Waals surface area contributed by atoms with Crippen LogP contribution in [0, 0.1) is 0 Å². The van der Waals surface area contributed by atoms with Crippen LogP contribution < -0.4 is 10.2 Å². The molecule has 1 aromatic carbocycles. The third-order valence-corrected chi connectivity index (χ3v) is 3.23. The Kier molecular flexibility index (Phi) is 3.33. The molecule has 4 nitrogen and oxygen atoms in total. The molecule has 0 saturated carbocycles. The van der Waals surface area contributed by atoms with E-state index >= 15 is 0 Å². The molecule has 0 bridgehead atoms. The van der Waals surface area contributed by atoms with E-state index in [1.165, 1.54) is 0 Å². The van der Waals surface area contributed by atoms with Crippen LogP contribution in [-0.4, -0.2) is 30.7 Å². The zero-order valence-electron chi connectivity index (χ0n) is 8.74. The van der Waals surface area contributed by atoms with Gasteiger partial charge in [-0.15, -0.1) is 0 Å². The molecule has 1 heterocycles. The van der Waals surface area contributed by atoms with Gasteiger partial charge in [0.25, 0.3) is 0 Å². The van der Waals surface area contributed by atoms with Gasteiger partial charge in [0.1, 0.15) is 6.54 Å². The smallest absolute Gasteiger partial charge is 0.323 e. The molecule has 86 valence electrons. The van der Waals surface area contributed by atoms with Crippen molar-refractivity contribution in [3.63, 3.8) is 0 Å². The highest BCUT2D eigenvalue weighted by atomic mass is 79.9. The van der Waals surface area contributed by atoms with E-state index in [-0.39, 0.29) is 6.54 Å². The number of benzene rings is 1. The standard InChI is InChI=1S/C11H13BrN2O2/c12-8-3-1-4-9-11(8)13-5-2-6-14(9)7-10(15)16/h1,3-4,13H,2,5-7H2,(H,15,16). The topological polar surface area (TPSA) is 52.6 Å². The van der Waals surface area contributed by atoms with Crippen molar-refractivity contribution in [1.29, 1.82) is 0 Å². The van der Waals surface area contributed by atoms with Gasteiger partial charge >= 0.3 is 5.97 Å². The Morgan fingerprint density at radius 2 is 2.38 bits per heavy atom. The number of nitrogens with zero attached hydrogens (tertiary/aromatic N) is 1. The summed E-state index contributed by atoms with van der Waals surface area (Å²) >= 11 is 3.47. The van der Waals surface area contributed by atoms with E-state index in [1.54, 1.807) is 0 Å². The number of halogens is 1. The molecule has 0 fully saturated rings. The lowest BCUT2D eigenvalue weighted by molar-refractivity contribution is -0.135. The zero-order valence-corrected chi connectivity index (χ0v) is 10.3. The van der Waals surface area contributed by atoms with Crippen LogP contribution >= 0.6 is 15.9 Å². The molecule has 0 aromatic heterocycles. The Hall–Kier alpha value is -1.23. The van der Waals surface area contributed by atoms with E-state index in [1.807, 2.05) is 23.1 Å². The number of carboxylic acids is 1. The van der Waals surface area contributed by atoms with Crippen molar-refractivity contribution in [1.82, 2.24) is 0 Å². The van der Waals surface area contributed by atoms with E-state index < -0.39 is 5.97 Å². The predicted octanol–water partition coefficient (Wildman–Crippen LogP) is 2.16. The molecular formula is C11H13BrN2O2. The molecule has 2 rings (SSSR count). The van der Waals surface area contributed by atoms with Crippen molar-refractivity contribution >= 4 is 33.3 Å². The van der Waals surface area contributed by atoms with Crippen molar-refractivity contribution in [2.24, 2.45) is 0 Å². The minimum absolute atomic E-state index is 0.0468. The summed E-state index contributed by atoms with van der Waals surface area (Å²) in [6.07, 6.45) is 0.939. The highest BCUT2D eigenvalue weighted by molar-refractivity contribution is 9.10. The number of hydrogen-bond donors (Lipinski definition) is 2. The average Bonchev–Trinajstić information content (AvgIpc) is 2.42. The van der Waals surface area contributed by atoms with Gasteiger partial charge in [-0.25, -0.2) is 0 Å². The van der Waals surface area contributed by atoms with Crippen molar-refractivity contribution in [2.45, 2.75) is 6.42 Å². The van der Waals surface area contributed by atoms with Gasteiger partial charge in [-0.1, -0.05) is 6.07 Å². The van der Waals surface area contributed by atoms with Crippen molar-refractivity contribution < 1.29 is 9.90 Å². The van der Waals surface area contributed by atoms with Crippen molar-refractivity contribution in [3.8, 4) is 0 Å². The van der Waals surface area contributed by atoms with E-state index in [2.05, 4.69) is 21.2 Å². The Balaban J connectivity index is 2.36. The van der Waals surface area contributed by atoms with Gasteiger partial charge in [0.2, 0.25) is 0 Å². The molecule has 0 amide bonds. The number of nitrogens with one attached hydrogen (secondary N) is 1. The fourth-order valence-corrected chi connectivity index (χ4v) is 2.38. The number of para-hydroxylation sites is 1. The van der Waals surface area contributed by atoms with Crippen LogP contribution in [0.3, 0.4) is 0 Å². The Bertz CT molecular complexity index is 409. The highest BCUT2D eigenvalue weighted by Gasteiger charge is 2.18. The molecule has 1 aliphatic rings. The minimum Gasteiger partial charge on any atom is -0.480 e. The van der Waals surface area contributed by atoms with Crippen molar-refractivity contribution in [3.05, 3.63) is 22.7 Å². The summed E-state index contributed by atoms with van der Waals surface area (Å²) < 4.78 is 0.974. The molecule has 16 heavy (non-hydrogen) atoms. The predicted molar refractivity (Wildman–Crippen MR) is 67.1 cm³/mol. The molecule has 0 saturated heterocycles. The second-order valence-electron chi connectivity index (χ2n) is 3.73. The lowest BCUT2D eigenvalue weighted by Crippen LogP contribution is -2.30. The lowest BCUT2D eigenvalue weighted by Gasteiger charge is -2.22. The number of anilines is 2. The molecule has 5 heteroatoms. The molecule has 0 spiro atoms. The third-order valence-electron chi connectivity index (χ3n) is 2.57. The molecule has 0 atom stereocenters. The summed E-state index contributed by atoms with van der Waals surface area (Å²) in [7, 11) is 0. The number of aliphatic carboxylic acids is 1. The highest BCUT2D eigenvalue weighted by Crippen LogP contribution is 2.34. The molecule has 2 N–H and O–H groups in total. The van der Waals surface area contributed by atoms with E-state index in [0.29, 0.717) is 0 Å². The molecule has 1 aliphatic heterocycles. The summed E-state index contributed by atoms with van der Waals surface area (Å²) in [6.45, 7) is 1.68. The maximum Gasteiger partial charge on any atom is 0.323 e. The van der Waals surface area contributed by atoms with Crippen LogP contribution in [0.2, 0.25) is 0 Å². The summed E-state index contributed by atoms with van der Waals surface area (Å²) in [5.41, 5.74) is 1.94. The maximum atomic E-state index is 10.8. The SMILES string of the molecule is O=C(O)CN1CCCNc2c(Br)cccc21. The summed E-state index contributed by atoms with van der Waals surface area (Å²) in [5, 5.41) is 12.2.